The Labute approximate surface area is 115 Å². The highest BCUT2D eigenvalue weighted by molar-refractivity contribution is 5.29. The summed E-state index contributed by atoms with van der Waals surface area (Å²) in [5.41, 5.74) is 4.46. The maximum atomic E-state index is 12.1. The standard InChI is InChI=1S/C13H16F2N4O/c1-19-7-6-10(18-19)8-12(17-16)9-2-4-11(5-3-9)20-13(14)15/h2-7,12-13,17H,8,16H2,1H3. The predicted molar refractivity (Wildman–Crippen MR) is 70.1 cm³/mol. The highest BCUT2D eigenvalue weighted by Gasteiger charge is 2.13. The summed E-state index contributed by atoms with van der Waals surface area (Å²) in [5.74, 6) is 5.66. The van der Waals surface area contributed by atoms with E-state index in [2.05, 4.69) is 15.3 Å². The van der Waals surface area contributed by atoms with Gasteiger partial charge in [-0.25, -0.2) is 0 Å². The summed E-state index contributed by atoms with van der Waals surface area (Å²) in [7, 11) is 1.84. The van der Waals surface area contributed by atoms with Crippen LogP contribution in [0.1, 0.15) is 17.3 Å². The van der Waals surface area contributed by atoms with Gasteiger partial charge in [0.25, 0.3) is 0 Å². The number of hydrogen-bond acceptors (Lipinski definition) is 4. The third-order valence-corrected chi connectivity index (χ3v) is 2.89. The molecule has 2 rings (SSSR count). The molecule has 7 heteroatoms. The molecule has 1 atom stereocenters. The van der Waals surface area contributed by atoms with Crippen LogP contribution in [0.2, 0.25) is 0 Å². The summed E-state index contributed by atoms with van der Waals surface area (Å²) in [5, 5.41) is 4.28. The first-order chi connectivity index (χ1) is 9.58. The zero-order valence-electron chi connectivity index (χ0n) is 11.0. The van der Waals surface area contributed by atoms with E-state index in [1.54, 1.807) is 16.8 Å². The summed E-state index contributed by atoms with van der Waals surface area (Å²) in [6.45, 7) is -2.82. The van der Waals surface area contributed by atoms with E-state index in [0.717, 1.165) is 11.3 Å². The Morgan fingerprint density at radius 2 is 2.00 bits per heavy atom. The average molecular weight is 282 g/mol. The number of ether oxygens (including phenoxy) is 1. The molecule has 20 heavy (non-hydrogen) atoms. The van der Waals surface area contributed by atoms with Crippen molar-refractivity contribution in [3.8, 4) is 5.75 Å². The van der Waals surface area contributed by atoms with Crippen molar-refractivity contribution in [1.29, 1.82) is 0 Å². The summed E-state index contributed by atoms with van der Waals surface area (Å²) in [6, 6.07) is 8.13. The van der Waals surface area contributed by atoms with Crippen LogP contribution in [0.4, 0.5) is 8.78 Å². The highest BCUT2D eigenvalue weighted by Crippen LogP contribution is 2.21. The van der Waals surface area contributed by atoms with Gasteiger partial charge in [0.05, 0.1) is 11.7 Å². The molecule has 1 aromatic carbocycles. The summed E-state index contributed by atoms with van der Waals surface area (Å²) in [4.78, 5) is 0. The number of hydrogen-bond donors (Lipinski definition) is 2. The van der Waals surface area contributed by atoms with Gasteiger partial charge in [-0.1, -0.05) is 12.1 Å². The third-order valence-electron chi connectivity index (χ3n) is 2.89. The Morgan fingerprint density at radius 3 is 2.50 bits per heavy atom. The molecule has 0 spiro atoms. The molecule has 0 aliphatic carbocycles. The number of alkyl halides is 2. The molecule has 1 aromatic heterocycles. The molecule has 0 amide bonds. The average Bonchev–Trinajstić information content (AvgIpc) is 2.82. The van der Waals surface area contributed by atoms with Gasteiger partial charge in [-0.05, 0) is 23.8 Å². The molecule has 3 N–H and O–H groups in total. The SMILES string of the molecule is Cn1ccc(CC(NN)c2ccc(OC(F)F)cc2)n1. The molecule has 0 aliphatic heterocycles. The number of nitrogens with one attached hydrogen (secondary N) is 1. The third kappa shape index (κ3) is 3.75. The van der Waals surface area contributed by atoms with Crippen LogP contribution in [0, 0.1) is 0 Å². The zero-order chi connectivity index (χ0) is 14.5. The van der Waals surface area contributed by atoms with Crippen LogP contribution in [0.15, 0.2) is 36.5 Å². The maximum Gasteiger partial charge on any atom is 0.387 e. The number of aromatic nitrogens is 2. The lowest BCUT2D eigenvalue weighted by Crippen LogP contribution is -2.29. The predicted octanol–water partition coefficient (Wildman–Crippen LogP) is 1.77. The number of halogens is 2. The quantitative estimate of drug-likeness (QED) is 0.626. The molecular weight excluding hydrogens is 266 g/mol. The second-order valence-electron chi connectivity index (χ2n) is 4.35. The van der Waals surface area contributed by atoms with Crippen molar-refractivity contribution in [2.24, 2.45) is 12.9 Å². The minimum absolute atomic E-state index is 0.123. The lowest BCUT2D eigenvalue weighted by atomic mass is 10.0. The molecule has 1 heterocycles. The van der Waals surface area contributed by atoms with Crippen molar-refractivity contribution in [2.45, 2.75) is 19.1 Å². The summed E-state index contributed by atoms with van der Waals surface area (Å²) < 4.78 is 30.2. The number of nitrogens with zero attached hydrogens (tertiary/aromatic N) is 2. The molecule has 0 saturated carbocycles. The molecule has 1 unspecified atom stereocenters. The van der Waals surface area contributed by atoms with Gasteiger partial charge in [-0.2, -0.15) is 13.9 Å². The minimum Gasteiger partial charge on any atom is -0.435 e. The fraction of sp³-hybridized carbons (Fsp3) is 0.308. The van der Waals surface area contributed by atoms with Crippen LogP contribution >= 0.6 is 0 Å². The normalized spacial score (nSPS) is 12.7. The molecule has 0 aliphatic rings. The van der Waals surface area contributed by atoms with Crippen LogP contribution < -0.4 is 16.0 Å². The van der Waals surface area contributed by atoms with Crippen molar-refractivity contribution in [2.75, 3.05) is 0 Å². The van der Waals surface area contributed by atoms with Crippen molar-refractivity contribution >= 4 is 0 Å². The van der Waals surface area contributed by atoms with E-state index in [0.29, 0.717) is 6.42 Å². The number of nitrogens with two attached hydrogens (primary N) is 1. The molecule has 108 valence electrons. The molecule has 2 aromatic rings. The first-order valence-corrected chi connectivity index (χ1v) is 6.08. The smallest absolute Gasteiger partial charge is 0.387 e. The molecule has 0 bridgehead atoms. The van der Waals surface area contributed by atoms with Gasteiger partial charge in [-0.15, -0.1) is 0 Å². The van der Waals surface area contributed by atoms with Crippen LogP contribution in [0.5, 0.6) is 5.75 Å². The number of rotatable bonds is 6. The van der Waals surface area contributed by atoms with Gasteiger partial charge in [0, 0.05) is 19.7 Å². The van der Waals surface area contributed by atoms with E-state index in [4.69, 9.17) is 5.84 Å². The monoisotopic (exact) mass is 282 g/mol. The fourth-order valence-corrected chi connectivity index (χ4v) is 1.94. The van der Waals surface area contributed by atoms with Gasteiger partial charge in [0.2, 0.25) is 0 Å². The van der Waals surface area contributed by atoms with E-state index >= 15 is 0 Å². The summed E-state index contributed by atoms with van der Waals surface area (Å²) in [6.07, 6.45) is 2.45. The van der Waals surface area contributed by atoms with Crippen LogP contribution in [0.3, 0.4) is 0 Å². The Balaban J connectivity index is 2.07. The highest BCUT2D eigenvalue weighted by atomic mass is 19.3. The lowest BCUT2D eigenvalue weighted by molar-refractivity contribution is -0.0498. The zero-order valence-corrected chi connectivity index (χ0v) is 11.0. The van der Waals surface area contributed by atoms with Crippen molar-refractivity contribution < 1.29 is 13.5 Å². The Morgan fingerprint density at radius 1 is 1.30 bits per heavy atom. The van der Waals surface area contributed by atoms with Gasteiger partial charge in [0.15, 0.2) is 0 Å². The molecule has 0 fully saturated rings. The summed E-state index contributed by atoms with van der Waals surface area (Å²) >= 11 is 0. The molecule has 5 nitrogen and oxygen atoms in total. The van der Waals surface area contributed by atoms with E-state index in [9.17, 15) is 8.78 Å². The van der Waals surface area contributed by atoms with Gasteiger partial charge in [0.1, 0.15) is 5.75 Å². The Kier molecular flexibility index (Phi) is 4.65. The first kappa shape index (κ1) is 14.4. The molecule has 0 saturated heterocycles. The van der Waals surface area contributed by atoms with Gasteiger partial charge in [-0.3, -0.25) is 16.0 Å². The van der Waals surface area contributed by atoms with Crippen LogP contribution in [-0.4, -0.2) is 16.4 Å². The van der Waals surface area contributed by atoms with Crippen molar-refractivity contribution in [1.82, 2.24) is 15.2 Å². The van der Waals surface area contributed by atoms with Gasteiger partial charge >= 0.3 is 6.61 Å². The molecule has 0 radical (unpaired) electrons. The van der Waals surface area contributed by atoms with Crippen LogP contribution in [0.25, 0.3) is 0 Å². The molecular formula is C13H16F2N4O. The topological polar surface area (TPSA) is 65.1 Å². The number of benzene rings is 1. The lowest BCUT2D eigenvalue weighted by Gasteiger charge is -2.15. The van der Waals surface area contributed by atoms with Gasteiger partial charge < -0.3 is 4.74 Å². The fourth-order valence-electron chi connectivity index (χ4n) is 1.94. The Hall–Kier alpha value is -1.99. The number of hydrazine groups is 1. The van der Waals surface area contributed by atoms with Crippen molar-refractivity contribution in [3.63, 3.8) is 0 Å². The minimum atomic E-state index is -2.82. The van der Waals surface area contributed by atoms with E-state index in [-0.39, 0.29) is 11.8 Å². The van der Waals surface area contributed by atoms with E-state index in [1.807, 2.05) is 19.3 Å². The Bertz CT molecular complexity index is 542. The maximum absolute atomic E-state index is 12.1. The second kappa shape index (κ2) is 6.44. The number of aryl methyl sites for hydroxylation is 1. The largest absolute Gasteiger partial charge is 0.435 e. The second-order valence-corrected chi connectivity index (χ2v) is 4.35. The first-order valence-electron chi connectivity index (χ1n) is 6.08. The van der Waals surface area contributed by atoms with E-state index < -0.39 is 6.61 Å². The van der Waals surface area contributed by atoms with E-state index in [1.165, 1.54) is 12.1 Å². The van der Waals surface area contributed by atoms with Crippen molar-refractivity contribution in [3.05, 3.63) is 47.8 Å². The van der Waals surface area contributed by atoms with Crippen LogP contribution in [-0.2, 0) is 13.5 Å².